The molecule has 3 N–H and O–H groups in total. The summed E-state index contributed by atoms with van der Waals surface area (Å²) in [5, 5.41) is 12.6. The minimum Gasteiger partial charge on any atom is -0.333 e. The van der Waals surface area contributed by atoms with Gasteiger partial charge in [0.25, 0.3) is 5.91 Å². The summed E-state index contributed by atoms with van der Waals surface area (Å²) in [5.41, 5.74) is 8.76. The molecule has 0 spiro atoms. The van der Waals surface area contributed by atoms with Crippen molar-refractivity contribution in [2.24, 2.45) is 5.73 Å². The highest BCUT2D eigenvalue weighted by Crippen LogP contribution is 2.41. The minimum atomic E-state index is -0.453. The van der Waals surface area contributed by atoms with Crippen LogP contribution in [-0.4, -0.2) is 24.7 Å². The zero-order valence-corrected chi connectivity index (χ0v) is 21.3. The van der Waals surface area contributed by atoms with Crippen molar-refractivity contribution in [2.45, 2.75) is 23.1 Å². The van der Waals surface area contributed by atoms with Gasteiger partial charge in [-0.15, -0.1) is 11.3 Å². The number of carbonyl (C=O) groups excluding carboxylic acids is 2. The predicted molar refractivity (Wildman–Crippen MR) is 142 cm³/mol. The lowest BCUT2D eigenvalue weighted by atomic mass is 10.0. The van der Waals surface area contributed by atoms with Crippen LogP contribution in [0.4, 0.5) is 10.1 Å². The number of rotatable bonds is 3. The third-order valence-corrected chi connectivity index (χ3v) is 7.54. The molecule has 2 heterocycles. The summed E-state index contributed by atoms with van der Waals surface area (Å²) in [6, 6.07) is 18.1. The highest BCUT2D eigenvalue weighted by Gasteiger charge is 2.22. The maximum atomic E-state index is 14.4. The molecule has 9 heteroatoms. The van der Waals surface area contributed by atoms with E-state index in [4.69, 9.17) is 10.1 Å². The van der Waals surface area contributed by atoms with E-state index >= 15 is 0 Å². The van der Waals surface area contributed by atoms with Gasteiger partial charge in [0.15, 0.2) is 0 Å². The van der Waals surface area contributed by atoms with E-state index in [9.17, 15) is 9.18 Å². The average molecular weight is 519 g/mol. The van der Waals surface area contributed by atoms with Crippen molar-refractivity contribution >= 4 is 41.5 Å². The smallest absolute Gasteiger partial charge is 0.256 e. The lowest BCUT2D eigenvalue weighted by molar-refractivity contribution is -0.0980. The van der Waals surface area contributed by atoms with E-state index in [0.29, 0.717) is 22.6 Å². The summed E-state index contributed by atoms with van der Waals surface area (Å²) in [7, 11) is 1.50. The van der Waals surface area contributed by atoms with Crippen LogP contribution < -0.4 is 11.1 Å². The van der Waals surface area contributed by atoms with Crippen LogP contribution in [0.25, 0.3) is 10.6 Å². The van der Waals surface area contributed by atoms with Crippen molar-refractivity contribution in [2.75, 3.05) is 12.4 Å². The van der Waals surface area contributed by atoms with Crippen LogP contribution in [0.1, 0.15) is 31.9 Å². The summed E-state index contributed by atoms with van der Waals surface area (Å²) < 4.78 is 14.4. The molecule has 3 aromatic carbocycles. The molecular weight excluding hydrogens is 495 g/mol. The monoisotopic (exact) mass is 518 g/mol. The van der Waals surface area contributed by atoms with Crippen LogP contribution in [0, 0.1) is 24.1 Å². The summed E-state index contributed by atoms with van der Waals surface area (Å²) in [6.45, 7) is 4.01. The van der Waals surface area contributed by atoms with Gasteiger partial charge in [-0.05, 0) is 61.5 Å². The molecule has 4 aromatic rings. The first-order valence-electron chi connectivity index (χ1n) is 10.8. The second kappa shape index (κ2) is 12.2. The second-order valence-corrected chi connectivity index (χ2v) is 9.59. The van der Waals surface area contributed by atoms with Crippen molar-refractivity contribution in [1.29, 1.82) is 5.26 Å². The minimum absolute atomic E-state index is 0.108. The molecule has 0 radical (unpaired) electrons. The normalized spacial score (nSPS) is 11.2. The van der Waals surface area contributed by atoms with Gasteiger partial charge in [0.05, 0.1) is 22.9 Å². The number of nitrogens with two attached hydrogens (primary N) is 1. The van der Waals surface area contributed by atoms with Gasteiger partial charge in [0.1, 0.15) is 17.6 Å². The number of aromatic nitrogens is 1. The Morgan fingerprint density at radius 1 is 1.08 bits per heavy atom. The van der Waals surface area contributed by atoms with Crippen LogP contribution in [-0.2, 0) is 11.2 Å². The molecule has 0 saturated heterocycles. The van der Waals surface area contributed by atoms with E-state index in [1.165, 1.54) is 24.5 Å². The third-order valence-electron chi connectivity index (χ3n) is 5.38. The molecule has 36 heavy (non-hydrogen) atoms. The Kier molecular flexibility index (Phi) is 9.08. The summed E-state index contributed by atoms with van der Waals surface area (Å²) in [5.74, 6) is -0.561. The lowest BCUT2D eigenvalue weighted by Crippen LogP contribution is -2.13. The van der Waals surface area contributed by atoms with Crippen LogP contribution in [0.2, 0.25) is 0 Å². The summed E-state index contributed by atoms with van der Waals surface area (Å²) in [6.07, 6.45) is 2.38. The molecule has 0 fully saturated rings. The zero-order chi connectivity index (χ0) is 26.2. The van der Waals surface area contributed by atoms with Crippen molar-refractivity contribution in [3.05, 3.63) is 93.7 Å². The predicted octanol–water partition coefficient (Wildman–Crippen LogP) is 5.83. The number of fused-ring (bicyclic) bond motifs is 2. The third kappa shape index (κ3) is 5.52. The topological polar surface area (TPSA) is 109 Å². The van der Waals surface area contributed by atoms with Gasteiger partial charge in [0, 0.05) is 32.8 Å². The second-order valence-electron chi connectivity index (χ2n) is 7.39. The van der Waals surface area contributed by atoms with Gasteiger partial charge in [-0.1, -0.05) is 30.0 Å². The Morgan fingerprint density at radius 2 is 1.83 bits per heavy atom. The average Bonchev–Trinajstić information content (AvgIpc) is 3.32. The Morgan fingerprint density at radius 3 is 2.56 bits per heavy atom. The molecule has 0 unspecified atom stereocenters. The highest BCUT2D eigenvalue weighted by molar-refractivity contribution is 7.99. The molecule has 6 nitrogen and oxygen atoms in total. The Hall–Kier alpha value is -3.84. The number of nitriles is 1. The van der Waals surface area contributed by atoms with E-state index in [0.717, 1.165) is 31.5 Å². The number of amides is 1. The fraction of sp³-hybridized carbons (Fsp3) is 0.111. The molecule has 0 bridgehead atoms. The maximum Gasteiger partial charge on any atom is 0.256 e. The van der Waals surface area contributed by atoms with Crippen molar-refractivity contribution in [3.63, 3.8) is 0 Å². The number of benzene rings is 3. The number of anilines is 1. The molecule has 5 rings (SSSR count). The van der Waals surface area contributed by atoms with Gasteiger partial charge in [-0.3, -0.25) is 4.79 Å². The molecule has 0 atom stereocenters. The van der Waals surface area contributed by atoms with Crippen molar-refractivity contribution < 1.29 is 14.0 Å². The number of nitrogens with one attached hydrogen (secondary N) is 1. The Labute approximate surface area is 217 Å². The number of hydrogen-bond acceptors (Lipinski definition) is 7. The van der Waals surface area contributed by atoms with Crippen LogP contribution >= 0.6 is 23.1 Å². The van der Waals surface area contributed by atoms with Crippen LogP contribution in [0.3, 0.4) is 0 Å². The number of nitrogens with zero attached hydrogens (tertiary/aromatic N) is 2. The maximum absolute atomic E-state index is 14.4. The van der Waals surface area contributed by atoms with Crippen molar-refractivity contribution in [3.8, 4) is 16.6 Å². The number of carbonyl (C=O) groups is 2. The molecule has 1 aromatic heterocycles. The van der Waals surface area contributed by atoms with Crippen molar-refractivity contribution in [1.82, 2.24) is 4.98 Å². The first-order chi connectivity index (χ1) is 17.5. The summed E-state index contributed by atoms with van der Waals surface area (Å²) in [4.78, 5) is 28.1. The Balaban J connectivity index is 0.000000861. The van der Waals surface area contributed by atoms with E-state index < -0.39 is 5.82 Å². The van der Waals surface area contributed by atoms with Gasteiger partial charge < -0.3 is 15.8 Å². The first-order valence-corrected chi connectivity index (χ1v) is 12.4. The molecule has 0 aliphatic carbocycles. The van der Waals surface area contributed by atoms with E-state index in [2.05, 4.69) is 22.1 Å². The van der Waals surface area contributed by atoms with Gasteiger partial charge >= 0.3 is 0 Å². The van der Waals surface area contributed by atoms with E-state index in [-0.39, 0.29) is 11.5 Å². The standard InChI is InChI=1S/C25H16FN3OS2.CH5N.CH2O/c1-14-16(7-9-22-23(14)29-24(30)19-4-2-3-5-21(19)32-22)11-17-13-28-25(31-17)18-8-6-15(12-27)10-20(18)26;2*1-2/h2-10,13H,11H2,1H3,(H,29,30);2H2,1H3;1H2. The fourth-order valence-corrected chi connectivity index (χ4v) is 5.72. The van der Waals surface area contributed by atoms with Gasteiger partial charge in [-0.2, -0.15) is 5.26 Å². The van der Waals surface area contributed by atoms with E-state index in [1.807, 2.05) is 50.1 Å². The van der Waals surface area contributed by atoms with Gasteiger partial charge in [-0.25, -0.2) is 9.37 Å². The number of hydrogen-bond donors (Lipinski definition) is 2. The van der Waals surface area contributed by atoms with E-state index in [1.54, 1.807) is 30.1 Å². The Bertz CT molecular complexity index is 1450. The quantitative estimate of drug-likeness (QED) is 0.353. The fourth-order valence-electron chi connectivity index (χ4n) is 3.66. The van der Waals surface area contributed by atoms with Gasteiger partial charge in [0.2, 0.25) is 0 Å². The molecule has 1 amide bonds. The molecule has 0 saturated carbocycles. The largest absolute Gasteiger partial charge is 0.333 e. The first kappa shape index (κ1) is 26.8. The van der Waals surface area contributed by atoms with Crippen LogP contribution in [0.15, 0.2) is 70.6 Å². The summed E-state index contributed by atoms with van der Waals surface area (Å²) >= 11 is 3.01. The number of halogens is 1. The SMILES string of the molecule is C=O.CN.Cc1c(Cc2cnc(-c3ccc(C#N)cc3F)s2)ccc2c1NC(=O)c1ccccc1S2. The molecule has 1 aliphatic heterocycles. The highest BCUT2D eigenvalue weighted by atomic mass is 32.2. The molecular formula is C27H23FN4O2S2. The zero-order valence-electron chi connectivity index (χ0n) is 19.7. The van der Waals surface area contributed by atoms with Crippen LogP contribution in [0.5, 0.6) is 0 Å². The molecule has 1 aliphatic rings. The molecule has 182 valence electrons. The number of thiazole rings is 1. The lowest BCUT2D eigenvalue weighted by Gasteiger charge is -2.14.